The van der Waals surface area contributed by atoms with Gasteiger partial charge in [0.1, 0.15) is 5.75 Å². The maximum Gasteiger partial charge on any atom is 0.272 e. The van der Waals surface area contributed by atoms with Crippen molar-refractivity contribution in [2.75, 3.05) is 7.11 Å². The highest BCUT2D eigenvalue weighted by atomic mass is 79.9. The number of nitrogens with one attached hydrogen (secondary N) is 1. The highest BCUT2D eigenvalue weighted by molar-refractivity contribution is 9.10. The summed E-state index contributed by atoms with van der Waals surface area (Å²) in [5.41, 5.74) is 6.40. The number of halogens is 1. The number of hydrogen-bond donors (Lipinski definition) is 1. The quantitative estimate of drug-likeness (QED) is 0.319. The Labute approximate surface area is 182 Å². The lowest BCUT2D eigenvalue weighted by atomic mass is 10.0. The van der Waals surface area contributed by atoms with Crippen molar-refractivity contribution in [2.24, 2.45) is 5.10 Å². The van der Waals surface area contributed by atoms with Crippen LogP contribution in [-0.4, -0.2) is 24.2 Å². The van der Waals surface area contributed by atoms with Crippen LogP contribution in [0, 0.1) is 0 Å². The van der Waals surface area contributed by atoms with E-state index in [9.17, 15) is 4.79 Å². The first-order valence-corrected chi connectivity index (χ1v) is 10.1. The van der Waals surface area contributed by atoms with Crippen LogP contribution in [0.15, 0.2) is 88.4 Å². The van der Waals surface area contributed by atoms with Gasteiger partial charge in [-0.2, -0.15) is 5.10 Å². The van der Waals surface area contributed by atoms with Crippen molar-refractivity contribution in [2.45, 2.75) is 0 Å². The van der Waals surface area contributed by atoms with Crippen LogP contribution in [0.4, 0.5) is 0 Å². The van der Waals surface area contributed by atoms with Crippen molar-refractivity contribution >= 4 is 39.0 Å². The number of benzene rings is 3. The molecule has 1 amide bonds. The maximum atomic E-state index is 12.9. The number of hydrazone groups is 1. The van der Waals surface area contributed by atoms with Gasteiger partial charge in [-0.1, -0.05) is 46.3 Å². The number of amides is 1. The predicted octanol–water partition coefficient (Wildman–Crippen LogP) is 5.44. The van der Waals surface area contributed by atoms with Crippen LogP contribution >= 0.6 is 15.9 Å². The van der Waals surface area contributed by atoms with E-state index in [0.29, 0.717) is 5.56 Å². The third kappa shape index (κ3) is 4.39. The lowest BCUT2D eigenvalue weighted by Gasteiger charge is -2.09. The first-order valence-electron chi connectivity index (χ1n) is 9.27. The van der Waals surface area contributed by atoms with E-state index in [1.165, 1.54) is 0 Å². The van der Waals surface area contributed by atoms with Crippen molar-refractivity contribution in [3.05, 3.63) is 94.5 Å². The number of methoxy groups -OCH3 is 1. The van der Waals surface area contributed by atoms with Crippen LogP contribution in [0.3, 0.4) is 0 Å². The van der Waals surface area contributed by atoms with E-state index < -0.39 is 0 Å². The van der Waals surface area contributed by atoms with Crippen molar-refractivity contribution in [3.8, 4) is 17.0 Å². The molecule has 0 unspecified atom stereocenters. The Morgan fingerprint density at radius 3 is 2.50 bits per heavy atom. The molecule has 0 aliphatic heterocycles. The Morgan fingerprint density at radius 1 is 1.03 bits per heavy atom. The van der Waals surface area contributed by atoms with Crippen LogP contribution in [0.1, 0.15) is 15.9 Å². The number of hydrogen-bond acceptors (Lipinski definition) is 4. The number of rotatable bonds is 5. The molecule has 0 spiro atoms. The Kier molecular flexibility index (Phi) is 5.86. The number of aromatic nitrogens is 1. The normalized spacial score (nSPS) is 11.0. The van der Waals surface area contributed by atoms with E-state index in [1.54, 1.807) is 19.4 Å². The molecule has 0 radical (unpaired) electrons. The van der Waals surface area contributed by atoms with Gasteiger partial charge >= 0.3 is 0 Å². The minimum Gasteiger partial charge on any atom is -0.497 e. The summed E-state index contributed by atoms with van der Waals surface area (Å²) < 4.78 is 6.13. The lowest BCUT2D eigenvalue weighted by molar-refractivity contribution is 0.0956. The largest absolute Gasteiger partial charge is 0.497 e. The third-order valence-electron chi connectivity index (χ3n) is 4.60. The number of carbonyl (C=O) groups is 1. The molecule has 0 bridgehead atoms. The second-order valence-electron chi connectivity index (χ2n) is 6.55. The fourth-order valence-corrected chi connectivity index (χ4v) is 3.31. The molecule has 3 aromatic carbocycles. The zero-order valence-corrected chi connectivity index (χ0v) is 17.8. The molecule has 6 heteroatoms. The third-order valence-corrected chi connectivity index (χ3v) is 5.12. The van der Waals surface area contributed by atoms with Crippen molar-refractivity contribution in [1.82, 2.24) is 10.4 Å². The SMILES string of the molecule is COc1ccc(C=NNC(=O)c2cc(-c3ccc(Br)cc3)nc3ccccc23)cc1. The van der Waals surface area contributed by atoms with Gasteiger partial charge in [-0.25, -0.2) is 10.4 Å². The number of pyridine rings is 1. The summed E-state index contributed by atoms with van der Waals surface area (Å²) >= 11 is 3.44. The average molecular weight is 460 g/mol. The van der Waals surface area contributed by atoms with Gasteiger partial charge in [0.15, 0.2) is 0 Å². The zero-order chi connectivity index (χ0) is 20.9. The summed E-state index contributed by atoms with van der Waals surface area (Å²) in [5, 5.41) is 4.88. The topological polar surface area (TPSA) is 63.6 Å². The van der Waals surface area contributed by atoms with Gasteiger partial charge in [-0.3, -0.25) is 4.79 Å². The molecule has 0 atom stereocenters. The summed E-state index contributed by atoms with van der Waals surface area (Å²) in [7, 11) is 1.62. The van der Waals surface area contributed by atoms with E-state index in [2.05, 4.69) is 26.5 Å². The standard InChI is InChI=1S/C24H18BrN3O2/c1-30-19-12-6-16(7-13-19)15-26-28-24(29)21-14-23(17-8-10-18(25)11-9-17)27-22-5-3-2-4-20(21)22/h2-15H,1H3,(H,28,29). The van der Waals surface area contributed by atoms with Gasteiger partial charge in [-0.15, -0.1) is 0 Å². The molecule has 1 N–H and O–H groups in total. The molecule has 1 aromatic heterocycles. The van der Waals surface area contributed by atoms with E-state index >= 15 is 0 Å². The minimum absolute atomic E-state index is 0.295. The number of para-hydroxylation sites is 1. The molecule has 30 heavy (non-hydrogen) atoms. The molecule has 0 aliphatic rings. The van der Waals surface area contributed by atoms with Crippen LogP contribution < -0.4 is 10.2 Å². The van der Waals surface area contributed by atoms with Gasteiger partial charge in [0.05, 0.1) is 30.1 Å². The number of ether oxygens (including phenoxy) is 1. The van der Waals surface area contributed by atoms with Gasteiger partial charge in [-0.05, 0) is 54.1 Å². The van der Waals surface area contributed by atoms with Crippen LogP contribution in [0.25, 0.3) is 22.2 Å². The molecule has 4 rings (SSSR count). The molecule has 0 saturated heterocycles. The molecular formula is C24H18BrN3O2. The first kappa shape index (κ1) is 19.8. The number of carbonyl (C=O) groups excluding carboxylic acids is 1. The second kappa shape index (κ2) is 8.88. The molecule has 1 heterocycles. The van der Waals surface area contributed by atoms with E-state index in [1.807, 2.05) is 72.8 Å². The van der Waals surface area contributed by atoms with Gasteiger partial charge < -0.3 is 4.74 Å². The molecule has 148 valence electrons. The van der Waals surface area contributed by atoms with Crippen LogP contribution in [0.2, 0.25) is 0 Å². The van der Waals surface area contributed by atoms with E-state index in [4.69, 9.17) is 9.72 Å². The monoisotopic (exact) mass is 459 g/mol. The number of fused-ring (bicyclic) bond motifs is 1. The molecule has 0 saturated carbocycles. The van der Waals surface area contributed by atoms with Crippen LogP contribution in [0.5, 0.6) is 5.75 Å². The molecule has 4 aromatic rings. The molecule has 5 nitrogen and oxygen atoms in total. The Bertz CT molecular complexity index is 1220. The Morgan fingerprint density at radius 2 is 1.77 bits per heavy atom. The predicted molar refractivity (Wildman–Crippen MR) is 123 cm³/mol. The summed E-state index contributed by atoms with van der Waals surface area (Å²) in [5.74, 6) is 0.469. The summed E-state index contributed by atoms with van der Waals surface area (Å²) in [6.45, 7) is 0. The summed E-state index contributed by atoms with van der Waals surface area (Å²) in [6, 6.07) is 24.6. The zero-order valence-electron chi connectivity index (χ0n) is 16.2. The van der Waals surface area contributed by atoms with E-state index in [0.717, 1.165) is 37.9 Å². The van der Waals surface area contributed by atoms with Crippen molar-refractivity contribution < 1.29 is 9.53 Å². The van der Waals surface area contributed by atoms with E-state index in [-0.39, 0.29) is 5.91 Å². The Hall–Kier alpha value is -3.51. The van der Waals surface area contributed by atoms with Crippen molar-refractivity contribution in [3.63, 3.8) is 0 Å². The molecule has 0 aliphatic carbocycles. The number of nitrogens with zero attached hydrogens (tertiary/aromatic N) is 2. The highest BCUT2D eigenvalue weighted by Crippen LogP contribution is 2.26. The average Bonchev–Trinajstić information content (AvgIpc) is 2.79. The summed E-state index contributed by atoms with van der Waals surface area (Å²) in [4.78, 5) is 17.6. The van der Waals surface area contributed by atoms with Gasteiger partial charge in [0.25, 0.3) is 5.91 Å². The summed E-state index contributed by atoms with van der Waals surface area (Å²) in [6.07, 6.45) is 1.59. The second-order valence-corrected chi connectivity index (χ2v) is 7.47. The van der Waals surface area contributed by atoms with Gasteiger partial charge in [0.2, 0.25) is 0 Å². The highest BCUT2D eigenvalue weighted by Gasteiger charge is 2.13. The molecular weight excluding hydrogens is 442 g/mol. The maximum absolute atomic E-state index is 12.9. The lowest BCUT2D eigenvalue weighted by Crippen LogP contribution is -2.18. The fourth-order valence-electron chi connectivity index (χ4n) is 3.05. The minimum atomic E-state index is -0.295. The van der Waals surface area contributed by atoms with Crippen LogP contribution in [-0.2, 0) is 0 Å². The Balaban J connectivity index is 1.63. The first-order chi connectivity index (χ1) is 14.6. The van der Waals surface area contributed by atoms with Crippen molar-refractivity contribution in [1.29, 1.82) is 0 Å². The fraction of sp³-hybridized carbons (Fsp3) is 0.0417. The smallest absolute Gasteiger partial charge is 0.272 e. The molecule has 0 fully saturated rings. The van der Waals surface area contributed by atoms with Gasteiger partial charge in [0, 0.05) is 15.4 Å².